The molecule has 1 heterocycles. The predicted octanol–water partition coefficient (Wildman–Crippen LogP) is 3.96. The first-order valence-electron chi connectivity index (χ1n) is 5.60. The minimum Gasteiger partial charge on any atom is -0.452 e. The van der Waals surface area contributed by atoms with Crippen molar-refractivity contribution in [1.82, 2.24) is 0 Å². The second kappa shape index (κ2) is 5.60. The van der Waals surface area contributed by atoms with Crippen molar-refractivity contribution >= 4 is 21.6 Å². The molecule has 0 aliphatic carbocycles. The highest BCUT2D eigenvalue weighted by atomic mass is 79.9. The van der Waals surface area contributed by atoms with Crippen LogP contribution in [0.15, 0.2) is 39.4 Å². The van der Waals surface area contributed by atoms with Crippen molar-refractivity contribution in [2.24, 2.45) is 0 Å². The van der Waals surface area contributed by atoms with Gasteiger partial charge in [0.15, 0.2) is 4.67 Å². The van der Waals surface area contributed by atoms with Gasteiger partial charge in [0.2, 0.25) is 0 Å². The maximum Gasteiger partial charge on any atom is 0.169 e. The van der Waals surface area contributed by atoms with Crippen molar-refractivity contribution in [2.45, 2.75) is 13.0 Å². The molecule has 0 fully saturated rings. The fraction of sp³-hybridized carbons (Fsp3) is 0.143. The number of hydrogen-bond acceptors (Lipinski definition) is 4. The molecular weight excluding hydrogens is 306 g/mol. The van der Waals surface area contributed by atoms with Gasteiger partial charge < -0.3 is 9.73 Å². The second-order valence-electron chi connectivity index (χ2n) is 3.99. The Morgan fingerprint density at radius 3 is 2.47 bits per heavy atom. The van der Waals surface area contributed by atoms with Gasteiger partial charge in [-0.05, 0) is 53.2 Å². The van der Waals surface area contributed by atoms with Gasteiger partial charge in [0, 0.05) is 5.69 Å². The monoisotopic (exact) mass is 315 g/mol. The normalized spacial score (nSPS) is 11.4. The first-order valence-corrected chi connectivity index (χ1v) is 6.39. The molecule has 5 heteroatoms. The molecule has 2 aromatic rings. The molecule has 0 bridgehead atoms. The van der Waals surface area contributed by atoms with E-state index in [4.69, 9.17) is 14.9 Å². The molecular formula is C14H10BrN3O. The quantitative estimate of drug-likeness (QED) is 0.930. The van der Waals surface area contributed by atoms with Gasteiger partial charge in [0.05, 0.1) is 17.2 Å². The molecule has 1 unspecified atom stereocenters. The minimum atomic E-state index is -0.0363. The lowest BCUT2D eigenvalue weighted by atomic mass is 10.1. The summed E-state index contributed by atoms with van der Waals surface area (Å²) in [7, 11) is 0. The molecule has 0 saturated carbocycles. The Morgan fingerprint density at radius 1 is 1.16 bits per heavy atom. The van der Waals surface area contributed by atoms with E-state index in [1.165, 1.54) is 0 Å². The number of anilines is 1. The van der Waals surface area contributed by atoms with Gasteiger partial charge in [-0.1, -0.05) is 0 Å². The summed E-state index contributed by atoms with van der Waals surface area (Å²) in [6.45, 7) is 1.95. The molecule has 0 spiro atoms. The van der Waals surface area contributed by atoms with Crippen molar-refractivity contribution in [1.29, 1.82) is 10.5 Å². The first-order chi connectivity index (χ1) is 9.13. The van der Waals surface area contributed by atoms with Gasteiger partial charge in [-0.3, -0.25) is 0 Å². The van der Waals surface area contributed by atoms with Crippen LogP contribution in [0.5, 0.6) is 0 Å². The van der Waals surface area contributed by atoms with Crippen molar-refractivity contribution in [3.63, 3.8) is 0 Å². The molecule has 0 aliphatic heterocycles. The first kappa shape index (κ1) is 13.2. The zero-order chi connectivity index (χ0) is 13.8. The van der Waals surface area contributed by atoms with Crippen LogP contribution < -0.4 is 5.32 Å². The summed E-state index contributed by atoms with van der Waals surface area (Å²) >= 11 is 3.25. The van der Waals surface area contributed by atoms with E-state index >= 15 is 0 Å². The van der Waals surface area contributed by atoms with E-state index in [0.717, 1.165) is 11.4 Å². The predicted molar refractivity (Wildman–Crippen MR) is 74.3 cm³/mol. The Balaban J connectivity index is 2.20. The Hall–Kier alpha value is -2.24. The summed E-state index contributed by atoms with van der Waals surface area (Å²) in [6, 6.07) is 12.7. The van der Waals surface area contributed by atoms with Crippen molar-refractivity contribution in [3.8, 4) is 12.1 Å². The summed E-state index contributed by atoms with van der Waals surface area (Å²) in [4.78, 5) is 0. The highest BCUT2D eigenvalue weighted by molar-refractivity contribution is 9.10. The van der Waals surface area contributed by atoms with Crippen LogP contribution >= 0.6 is 15.9 Å². The van der Waals surface area contributed by atoms with E-state index in [9.17, 15) is 0 Å². The summed E-state index contributed by atoms with van der Waals surface area (Å²) in [6.07, 6.45) is 0. The Labute approximate surface area is 119 Å². The fourth-order valence-electron chi connectivity index (χ4n) is 1.71. The van der Waals surface area contributed by atoms with Crippen molar-refractivity contribution in [2.75, 3.05) is 5.32 Å². The van der Waals surface area contributed by atoms with Crippen LogP contribution in [0.25, 0.3) is 0 Å². The lowest BCUT2D eigenvalue weighted by Gasteiger charge is -2.13. The number of rotatable bonds is 3. The third-order valence-corrected chi connectivity index (χ3v) is 3.09. The molecule has 0 radical (unpaired) electrons. The zero-order valence-electron chi connectivity index (χ0n) is 10.1. The van der Waals surface area contributed by atoms with Gasteiger partial charge in [-0.2, -0.15) is 10.5 Å². The molecule has 0 saturated heterocycles. The molecule has 1 atom stereocenters. The molecule has 94 valence electrons. The summed E-state index contributed by atoms with van der Waals surface area (Å²) < 4.78 is 6.13. The maximum absolute atomic E-state index is 8.97. The van der Waals surface area contributed by atoms with Crippen molar-refractivity contribution in [3.05, 3.63) is 51.9 Å². The topological polar surface area (TPSA) is 72.8 Å². The molecule has 0 amide bonds. The number of furan rings is 1. The van der Waals surface area contributed by atoms with Gasteiger partial charge in [0.25, 0.3) is 0 Å². The molecule has 19 heavy (non-hydrogen) atoms. The van der Waals surface area contributed by atoms with Crippen LogP contribution in [0.4, 0.5) is 5.69 Å². The van der Waals surface area contributed by atoms with Crippen LogP contribution in [0.1, 0.15) is 29.9 Å². The van der Waals surface area contributed by atoms with E-state index < -0.39 is 0 Å². The van der Waals surface area contributed by atoms with E-state index in [1.54, 1.807) is 18.2 Å². The largest absolute Gasteiger partial charge is 0.452 e. The van der Waals surface area contributed by atoms with Crippen LogP contribution in [0.2, 0.25) is 0 Å². The number of hydrogen-bond donors (Lipinski definition) is 1. The molecule has 1 aromatic carbocycles. The summed E-state index contributed by atoms with van der Waals surface area (Å²) in [5.74, 6) is 0.787. The fourth-order valence-corrected chi connectivity index (χ4v) is 2.03. The number of benzene rings is 1. The van der Waals surface area contributed by atoms with Crippen molar-refractivity contribution < 1.29 is 4.42 Å². The summed E-state index contributed by atoms with van der Waals surface area (Å²) in [5, 5.41) is 21.1. The maximum atomic E-state index is 8.97. The van der Waals surface area contributed by atoms with Crippen LogP contribution in [-0.4, -0.2) is 0 Å². The van der Waals surface area contributed by atoms with Gasteiger partial charge in [-0.25, -0.2) is 0 Å². The third kappa shape index (κ3) is 2.96. The standard InChI is InChI=1S/C14H10BrN3O/c1-9(13-4-5-14(15)19-13)18-12-3-2-10(7-16)11(6-12)8-17/h2-6,9,18H,1H3. The Bertz CT molecular complexity index is 679. The molecule has 1 N–H and O–H groups in total. The van der Waals surface area contributed by atoms with E-state index in [2.05, 4.69) is 21.2 Å². The minimum absolute atomic E-state index is 0.0363. The average molecular weight is 316 g/mol. The highest BCUT2D eigenvalue weighted by Gasteiger charge is 2.11. The molecule has 4 nitrogen and oxygen atoms in total. The molecule has 0 aliphatic rings. The average Bonchev–Trinajstić information content (AvgIpc) is 2.85. The van der Waals surface area contributed by atoms with Gasteiger partial charge in [-0.15, -0.1) is 0 Å². The highest BCUT2D eigenvalue weighted by Crippen LogP contribution is 2.24. The van der Waals surface area contributed by atoms with E-state index in [-0.39, 0.29) is 6.04 Å². The third-order valence-electron chi connectivity index (χ3n) is 2.66. The van der Waals surface area contributed by atoms with Crippen LogP contribution in [-0.2, 0) is 0 Å². The van der Waals surface area contributed by atoms with Crippen LogP contribution in [0, 0.1) is 22.7 Å². The number of halogens is 1. The van der Waals surface area contributed by atoms with E-state index in [1.807, 2.05) is 31.2 Å². The van der Waals surface area contributed by atoms with Crippen LogP contribution in [0.3, 0.4) is 0 Å². The van der Waals surface area contributed by atoms with E-state index in [0.29, 0.717) is 15.8 Å². The van der Waals surface area contributed by atoms with Gasteiger partial charge in [0.1, 0.15) is 17.9 Å². The number of nitriles is 2. The second-order valence-corrected chi connectivity index (χ2v) is 4.77. The SMILES string of the molecule is CC(Nc1ccc(C#N)c(C#N)c1)c1ccc(Br)o1. The molecule has 1 aromatic heterocycles. The lowest BCUT2D eigenvalue weighted by Crippen LogP contribution is -2.05. The smallest absolute Gasteiger partial charge is 0.169 e. The Kier molecular flexibility index (Phi) is 3.89. The Morgan fingerprint density at radius 2 is 1.89 bits per heavy atom. The number of nitrogens with one attached hydrogen (secondary N) is 1. The zero-order valence-corrected chi connectivity index (χ0v) is 11.7. The molecule has 2 rings (SSSR count). The number of nitrogens with zero attached hydrogens (tertiary/aromatic N) is 2. The lowest BCUT2D eigenvalue weighted by molar-refractivity contribution is 0.471. The summed E-state index contributed by atoms with van der Waals surface area (Å²) in [5.41, 5.74) is 1.51. The van der Waals surface area contributed by atoms with Gasteiger partial charge >= 0.3 is 0 Å².